The van der Waals surface area contributed by atoms with Gasteiger partial charge in [-0.05, 0) is 56.2 Å². The van der Waals surface area contributed by atoms with Crippen LogP contribution in [0.5, 0.6) is 0 Å². The minimum absolute atomic E-state index is 0.0266. The summed E-state index contributed by atoms with van der Waals surface area (Å²) in [6.07, 6.45) is 0.714. The SMILES string of the molecule is CNC(=O)C[C@@H]1NC(=O)c2csc(n2)-c2ccc(-c3nc(N(CCCCC(=O)O)C(=O)C4CC(C(=O)O)C4)cs3)nc2-c2csc(n2)-c2csc(n2)[C@H]([C@@H](C)c2ccccc2)NC(=O)CNC(=O)c2nc(sc2COC)C(C(C)C)CC(=O)c2nc1sc2C. The van der Waals surface area contributed by atoms with Crippen molar-refractivity contribution in [2.75, 3.05) is 32.1 Å². The summed E-state index contributed by atoms with van der Waals surface area (Å²) >= 11 is 7.47. The number of amides is 5. The van der Waals surface area contributed by atoms with E-state index in [0.29, 0.717) is 86.8 Å². The number of unbranched alkanes of at least 4 members (excludes halogenated alkanes) is 1. The third-order valence-electron chi connectivity index (χ3n) is 15.4. The number of Topliss-reactive ketones (excluding diaryl/α,β-unsaturated/α-hetero) is 1. The molecule has 10 rings (SSSR count). The number of hydrogen-bond acceptors (Lipinski definition) is 22. The Morgan fingerprint density at radius 2 is 1.43 bits per heavy atom. The number of aryl methyl sites for hydroxylation is 1. The number of nitrogens with zero attached hydrogens (tertiary/aromatic N) is 8. The van der Waals surface area contributed by atoms with E-state index in [1.165, 1.54) is 87.1 Å². The number of aliphatic carboxylic acids is 2. The van der Waals surface area contributed by atoms with E-state index in [4.69, 9.17) is 39.6 Å². The Balaban J connectivity index is 1.05. The third-order valence-corrected chi connectivity index (χ3v) is 21.1. The number of carbonyl (C=O) groups excluding carboxylic acids is 6. The summed E-state index contributed by atoms with van der Waals surface area (Å²) in [4.78, 5) is 144. The van der Waals surface area contributed by atoms with Gasteiger partial charge in [-0.15, -0.1) is 68.0 Å². The Hall–Kier alpha value is -7.93. The highest BCUT2D eigenvalue weighted by atomic mass is 32.1. The van der Waals surface area contributed by atoms with Crippen molar-refractivity contribution >= 4 is 121 Å². The average Bonchev–Trinajstić information content (AvgIpc) is 1.92. The fraction of sp³-hybridized carbons (Fsp3) is 0.383. The van der Waals surface area contributed by atoms with E-state index >= 15 is 0 Å². The van der Waals surface area contributed by atoms with E-state index < -0.39 is 71.9 Å². The largest absolute Gasteiger partial charge is 0.481 e. The first-order chi connectivity index (χ1) is 42.8. The van der Waals surface area contributed by atoms with Gasteiger partial charge in [-0.1, -0.05) is 51.1 Å². The summed E-state index contributed by atoms with van der Waals surface area (Å²) in [7, 11) is 2.98. The molecule has 7 aromatic heterocycles. The van der Waals surface area contributed by atoms with Gasteiger partial charge in [0.05, 0.1) is 53.2 Å². The van der Waals surface area contributed by atoms with Gasteiger partial charge in [0, 0.05) is 83.3 Å². The molecule has 6 N–H and O–H groups in total. The average molecular weight is 1320 g/mol. The molecule has 1 saturated carbocycles. The molecule has 29 heteroatoms. The van der Waals surface area contributed by atoms with Crippen LogP contribution in [0.25, 0.3) is 43.4 Å². The topological polar surface area (TPSA) is 328 Å². The first kappa shape index (κ1) is 64.1. The first-order valence-electron chi connectivity index (χ1n) is 28.5. The molecule has 0 spiro atoms. The molecule has 4 atom stereocenters. The molecule has 1 aromatic carbocycles. The van der Waals surface area contributed by atoms with E-state index in [9.17, 15) is 48.6 Å². The summed E-state index contributed by atoms with van der Waals surface area (Å²) < 4.78 is 5.50. The number of carbonyl (C=O) groups is 8. The molecule has 0 saturated heterocycles. The number of carboxylic acid groups (broad SMARTS) is 2. The summed E-state index contributed by atoms with van der Waals surface area (Å²) in [5, 5.41) is 40.1. The molecule has 23 nitrogen and oxygen atoms in total. The van der Waals surface area contributed by atoms with Crippen molar-refractivity contribution in [1.82, 2.24) is 56.2 Å². The summed E-state index contributed by atoms with van der Waals surface area (Å²) in [5.41, 5.74) is 3.39. The zero-order chi connectivity index (χ0) is 63.2. The van der Waals surface area contributed by atoms with Crippen LogP contribution in [0.2, 0.25) is 0 Å². The van der Waals surface area contributed by atoms with Gasteiger partial charge >= 0.3 is 11.9 Å². The number of hydrogen-bond donors (Lipinski definition) is 6. The summed E-state index contributed by atoms with van der Waals surface area (Å²) in [6.45, 7) is 7.45. The number of nitrogens with one attached hydrogen (secondary N) is 4. The lowest BCUT2D eigenvalue weighted by molar-refractivity contribution is -0.148. The second kappa shape index (κ2) is 28.3. The van der Waals surface area contributed by atoms with Crippen LogP contribution in [-0.4, -0.2) is 120 Å². The Morgan fingerprint density at radius 3 is 2.16 bits per heavy atom. The Morgan fingerprint density at radius 1 is 0.719 bits per heavy atom. The fourth-order valence-electron chi connectivity index (χ4n) is 10.3. The fourth-order valence-corrected chi connectivity index (χ4v) is 16.0. The Bertz CT molecular complexity index is 3960. The van der Waals surface area contributed by atoms with Gasteiger partial charge in [-0.25, -0.2) is 34.9 Å². The van der Waals surface area contributed by atoms with Crippen LogP contribution in [0.15, 0.2) is 64.0 Å². The van der Waals surface area contributed by atoms with Crippen LogP contribution in [0.3, 0.4) is 0 Å². The van der Waals surface area contributed by atoms with E-state index in [-0.39, 0.29) is 85.9 Å². The molecule has 1 unspecified atom stereocenters. The zero-order valence-corrected chi connectivity index (χ0v) is 54.0. The molecule has 0 radical (unpaired) electrons. The standard InChI is InChI=1S/C60H62N12O11S6/c1-28(2)35-20-41(73)48-30(4)88-57(70-48)37(21-44(74)61-5)64-51(78)39-25-84-53(66-39)34-15-16-36(55-68-43(27-87-55)72(17-11-10-14-46(76)77)59(80)32-18-33(19-32)60(81)82)63-49(34)38-24-85-56(65-38)40-26-86-58(67-40)47(29(3)31-12-8-7-9-13-31)69-45(75)22-62-52(79)50-42(23-83-6)89-54(35)71-50/h7-9,12-13,15-16,24-29,32-33,35,37,47H,10-11,14,17-23H2,1-6H3,(H,61,74)(H,62,79)(H,64,78)(H,69,75)(H,76,77)(H,81,82)/t29-,32?,33?,35?,37-,47-/m0/s1. The second-order valence-corrected chi connectivity index (χ2v) is 27.6. The number of fused-ring (bicyclic) bond motifs is 14. The minimum Gasteiger partial charge on any atom is -0.481 e. The number of ketones is 1. The second-order valence-electron chi connectivity index (χ2n) is 21.8. The van der Waals surface area contributed by atoms with Crippen LogP contribution < -0.4 is 26.2 Å². The maximum Gasteiger partial charge on any atom is 0.306 e. The van der Waals surface area contributed by atoms with Gasteiger partial charge in [0.2, 0.25) is 17.7 Å². The zero-order valence-electron chi connectivity index (χ0n) is 49.1. The number of methoxy groups -OCH3 is 1. The van der Waals surface area contributed by atoms with Crippen molar-refractivity contribution in [2.24, 2.45) is 17.8 Å². The van der Waals surface area contributed by atoms with Crippen LogP contribution in [0.4, 0.5) is 5.82 Å². The molecule has 5 amide bonds. The maximum atomic E-state index is 14.4. The summed E-state index contributed by atoms with van der Waals surface area (Å²) in [6, 6.07) is 11.5. The van der Waals surface area contributed by atoms with Crippen molar-refractivity contribution in [1.29, 1.82) is 0 Å². The van der Waals surface area contributed by atoms with Gasteiger partial charge in [-0.3, -0.25) is 43.3 Å². The van der Waals surface area contributed by atoms with Gasteiger partial charge in [0.1, 0.15) is 65.0 Å². The highest BCUT2D eigenvalue weighted by Crippen LogP contribution is 2.42. The van der Waals surface area contributed by atoms with Crippen molar-refractivity contribution in [2.45, 2.75) is 103 Å². The van der Waals surface area contributed by atoms with E-state index in [2.05, 4.69) is 21.3 Å². The number of aromatic nitrogens is 7. The van der Waals surface area contributed by atoms with Gasteiger partial charge in [0.25, 0.3) is 11.8 Å². The Labute approximate surface area is 534 Å². The number of benzene rings is 1. The van der Waals surface area contributed by atoms with E-state index in [1.54, 1.807) is 29.8 Å². The van der Waals surface area contributed by atoms with Crippen LogP contribution in [-0.2, 0) is 35.3 Å². The quantitative estimate of drug-likeness (QED) is 0.0490. The Kier molecular flexibility index (Phi) is 20.4. The maximum absolute atomic E-state index is 14.4. The lowest BCUT2D eigenvalue weighted by Crippen LogP contribution is -2.44. The molecular weight excluding hydrogens is 1260 g/mol. The highest BCUT2D eigenvalue weighted by Gasteiger charge is 2.42. The predicted octanol–water partition coefficient (Wildman–Crippen LogP) is 9.97. The predicted molar refractivity (Wildman–Crippen MR) is 340 cm³/mol. The molecule has 10 bridgehead atoms. The van der Waals surface area contributed by atoms with Crippen molar-refractivity contribution in [3.8, 4) is 43.4 Å². The highest BCUT2D eigenvalue weighted by molar-refractivity contribution is 7.15. The molecule has 464 valence electrons. The molecule has 8 heterocycles. The number of rotatable bonds is 16. The van der Waals surface area contributed by atoms with Gasteiger partial charge < -0.3 is 36.2 Å². The number of ether oxygens (including phenoxy) is 1. The molecule has 8 aromatic rings. The normalized spacial score (nSPS) is 18.5. The molecule has 1 fully saturated rings. The smallest absolute Gasteiger partial charge is 0.306 e. The monoisotopic (exact) mass is 1320 g/mol. The van der Waals surface area contributed by atoms with Crippen molar-refractivity contribution in [3.05, 3.63) is 111 Å². The minimum atomic E-state index is -0.976. The van der Waals surface area contributed by atoms with Crippen molar-refractivity contribution < 1.29 is 53.3 Å². The van der Waals surface area contributed by atoms with E-state index in [1.807, 2.05) is 61.9 Å². The number of carboxylic acids is 2. The lowest BCUT2D eigenvalue weighted by atomic mass is 9.74. The first-order valence-corrected chi connectivity index (χ1v) is 33.7. The molecule has 1 aliphatic heterocycles. The molecule has 2 aliphatic rings. The number of anilines is 1. The lowest BCUT2D eigenvalue weighted by Gasteiger charge is -2.34. The molecular formula is C60H62N12O11S6. The van der Waals surface area contributed by atoms with Crippen LogP contribution in [0, 0.1) is 24.7 Å². The van der Waals surface area contributed by atoms with Crippen molar-refractivity contribution in [3.63, 3.8) is 0 Å². The van der Waals surface area contributed by atoms with Crippen LogP contribution >= 0.6 is 68.0 Å². The summed E-state index contributed by atoms with van der Waals surface area (Å²) in [5.74, 6) is -6.35. The molecule has 89 heavy (non-hydrogen) atoms. The van der Waals surface area contributed by atoms with Crippen LogP contribution in [0.1, 0.15) is 151 Å². The van der Waals surface area contributed by atoms with E-state index in [0.717, 1.165) is 5.56 Å². The number of pyridine rings is 1. The number of thiazole rings is 6. The van der Waals surface area contributed by atoms with Gasteiger partial charge in [-0.2, -0.15) is 0 Å². The third kappa shape index (κ3) is 14.7. The van der Waals surface area contributed by atoms with Gasteiger partial charge in [0.15, 0.2) is 5.78 Å². The molecule has 1 aliphatic carbocycles.